The Balaban J connectivity index is 2.93. The third-order valence-corrected chi connectivity index (χ3v) is 3.72. The predicted octanol–water partition coefficient (Wildman–Crippen LogP) is 2.87. The molecule has 5 nitrogen and oxygen atoms in total. The number of benzene rings is 1. The van der Waals surface area contributed by atoms with Crippen LogP contribution < -0.4 is 11.5 Å². The minimum atomic E-state index is -0.241. The Bertz CT molecular complexity index is 492. The largest absolute Gasteiger partial charge is 0.397 e. The van der Waals surface area contributed by atoms with Gasteiger partial charge in [0.15, 0.2) is 0 Å². The van der Waals surface area contributed by atoms with Crippen LogP contribution in [0.2, 0.25) is 0 Å². The van der Waals surface area contributed by atoms with Crippen molar-refractivity contribution in [2.24, 2.45) is 0 Å². The van der Waals surface area contributed by atoms with Crippen molar-refractivity contribution in [2.45, 2.75) is 39.7 Å². The number of halogens is 1. The Morgan fingerprint density at radius 3 is 2.55 bits per heavy atom. The molecule has 1 aromatic carbocycles. The van der Waals surface area contributed by atoms with Gasteiger partial charge in [0.2, 0.25) is 0 Å². The third-order valence-electron chi connectivity index (χ3n) is 3.02. The molecule has 0 atom stereocenters. The number of nitrogens with zero attached hydrogens (tertiary/aromatic N) is 1. The fourth-order valence-electron chi connectivity index (χ4n) is 2.02. The van der Waals surface area contributed by atoms with E-state index in [2.05, 4.69) is 15.9 Å². The summed E-state index contributed by atoms with van der Waals surface area (Å²) >= 11 is 3.50. The number of hydrogen-bond acceptors (Lipinski definition) is 5. The molecule has 0 aliphatic rings. The molecule has 0 radical (unpaired) electrons. The van der Waals surface area contributed by atoms with E-state index in [9.17, 15) is 4.79 Å². The topological polar surface area (TPSA) is 81.6 Å². The van der Waals surface area contributed by atoms with Crippen LogP contribution in [0.4, 0.5) is 11.4 Å². The van der Waals surface area contributed by atoms with Gasteiger partial charge in [-0.2, -0.15) is 0 Å². The van der Waals surface area contributed by atoms with E-state index in [1.807, 2.05) is 13.8 Å². The molecule has 0 saturated carbocycles. The van der Waals surface area contributed by atoms with Crippen molar-refractivity contribution in [1.82, 2.24) is 5.06 Å². The maximum atomic E-state index is 11.5. The van der Waals surface area contributed by atoms with E-state index in [0.29, 0.717) is 24.3 Å². The van der Waals surface area contributed by atoms with E-state index in [-0.39, 0.29) is 5.97 Å². The average molecular weight is 344 g/mol. The molecule has 0 aromatic heterocycles. The summed E-state index contributed by atoms with van der Waals surface area (Å²) in [6, 6.07) is 1.81. The van der Waals surface area contributed by atoms with E-state index in [1.165, 1.54) is 5.06 Å². The monoisotopic (exact) mass is 343 g/mol. The molecule has 112 valence electrons. The standard InChI is InChI=1S/C14H22BrN3O2/c1-4-6-13(19)20-18(3)8-10-9(5-2)11(15)7-12(16)14(10)17/h7H,4-6,8,16-17H2,1-3H3. The molecule has 6 heteroatoms. The molecular formula is C14H22BrN3O2. The lowest BCUT2D eigenvalue weighted by molar-refractivity contribution is -0.186. The second-order valence-corrected chi connectivity index (χ2v) is 5.53. The minimum absolute atomic E-state index is 0.241. The van der Waals surface area contributed by atoms with Crippen LogP contribution in [0.3, 0.4) is 0 Å². The van der Waals surface area contributed by atoms with Gasteiger partial charge in [-0.3, -0.25) is 4.79 Å². The van der Waals surface area contributed by atoms with E-state index >= 15 is 0 Å². The normalized spacial score (nSPS) is 10.8. The van der Waals surface area contributed by atoms with Gasteiger partial charge in [-0.05, 0) is 30.0 Å². The van der Waals surface area contributed by atoms with Crippen molar-refractivity contribution in [1.29, 1.82) is 0 Å². The van der Waals surface area contributed by atoms with Gasteiger partial charge in [0.05, 0.1) is 17.9 Å². The van der Waals surface area contributed by atoms with Gasteiger partial charge in [-0.1, -0.05) is 29.8 Å². The van der Waals surface area contributed by atoms with Crippen molar-refractivity contribution < 1.29 is 9.63 Å². The molecular weight excluding hydrogens is 322 g/mol. The molecule has 0 aliphatic carbocycles. The highest BCUT2D eigenvalue weighted by molar-refractivity contribution is 9.10. The van der Waals surface area contributed by atoms with Gasteiger partial charge in [-0.25, -0.2) is 0 Å². The first-order valence-electron chi connectivity index (χ1n) is 6.67. The predicted molar refractivity (Wildman–Crippen MR) is 84.8 cm³/mol. The van der Waals surface area contributed by atoms with Crippen LogP contribution >= 0.6 is 15.9 Å². The smallest absolute Gasteiger partial charge is 0.325 e. The van der Waals surface area contributed by atoms with Crippen LogP contribution in [-0.2, 0) is 22.6 Å². The molecule has 1 rings (SSSR count). The van der Waals surface area contributed by atoms with Crippen LogP contribution in [-0.4, -0.2) is 18.1 Å². The lowest BCUT2D eigenvalue weighted by Gasteiger charge is -2.21. The summed E-state index contributed by atoms with van der Waals surface area (Å²) in [6.45, 7) is 4.39. The highest BCUT2D eigenvalue weighted by Gasteiger charge is 2.16. The Labute approximate surface area is 128 Å². The van der Waals surface area contributed by atoms with Crippen molar-refractivity contribution in [3.05, 3.63) is 21.7 Å². The number of hydroxylamine groups is 2. The Morgan fingerprint density at radius 1 is 1.35 bits per heavy atom. The third kappa shape index (κ3) is 4.11. The maximum absolute atomic E-state index is 11.5. The van der Waals surface area contributed by atoms with Crippen molar-refractivity contribution in [2.75, 3.05) is 18.5 Å². The number of nitrogen functional groups attached to an aromatic ring is 2. The SMILES string of the molecule is CCCC(=O)ON(C)Cc1c(N)c(N)cc(Br)c1CC. The number of hydrogen-bond donors (Lipinski definition) is 2. The summed E-state index contributed by atoms with van der Waals surface area (Å²) in [7, 11) is 1.71. The Hall–Kier alpha value is -1.27. The number of nitrogens with two attached hydrogens (primary N) is 2. The number of rotatable bonds is 6. The van der Waals surface area contributed by atoms with Gasteiger partial charge in [0.25, 0.3) is 0 Å². The Morgan fingerprint density at radius 2 is 2.00 bits per heavy atom. The van der Waals surface area contributed by atoms with E-state index in [1.54, 1.807) is 13.1 Å². The van der Waals surface area contributed by atoms with Gasteiger partial charge in [0.1, 0.15) is 0 Å². The molecule has 0 fully saturated rings. The second kappa shape index (κ2) is 7.50. The minimum Gasteiger partial charge on any atom is -0.397 e. The van der Waals surface area contributed by atoms with E-state index in [4.69, 9.17) is 16.3 Å². The summed E-state index contributed by atoms with van der Waals surface area (Å²) < 4.78 is 0.926. The molecule has 0 unspecified atom stereocenters. The van der Waals surface area contributed by atoms with Crippen LogP contribution in [0.5, 0.6) is 0 Å². The molecule has 4 N–H and O–H groups in total. The van der Waals surface area contributed by atoms with Crippen molar-refractivity contribution in [3.63, 3.8) is 0 Å². The first-order valence-corrected chi connectivity index (χ1v) is 7.47. The van der Waals surface area contributed by atoms with Crippen molar-refractivity contribution in [3.8, 4) is 0 Å². The van der Waals surface area contributed by atoms with Crippen molar-refractivity contribution >= 4 is 33.3 Å². The summed E-state index contributed by atoms with van der Waals surface area (Å²) in [5.74, 6) is -0.241. The summed E-state index contributed by atoms with van der Waals surface area (Å²) in [5, 5.41) is 1.49. The van der Waals surface area contributed by atoms with Crippen LogP contribution in [0.15, 0.2) is 10.5 Å². The molecule has 0 aliphatic heterocycles. The first kappa shape index (κ1) is 16.8. The molecule has 0 bridgehead atoms. The molecule has 0 spiro atoms. The molecule has 0 amide bonds. The summed E-state index contributed by atoms with van der Waals surface area (Å²) in [4.78, 5) is 16.7. The molecule has 1 aromatic rings. The number of carbonyl (C=O) groups excluding carboxylic acids is 1. The molecule has 0 saturated heterocycles. The first-order chi connectivity index (χ1) is 9.40. The van der Waals surface area contributed by atoms with E-state index < -0.39 is 0 Å². The molecule has 20 heavy (non-hydrogen) atoms. The van der Waals surface area contributed by atoms with E-state index in [0.717, 1.165) is 28.4 Å². The van der Waals surface area contributed by atoms with Gasteiger partial charge in [-0.15, -0.1) is 5.06 Å². The zero-order valence-corrected chi connectivity index (χ0v) is 13.8. The zero-order valence-electron chi connectivity index (χ0n) is 12.2. The summed E-state index contributed by atoms with van der Waals surface area (Å²) in [6.07, 6.45) is 1.98. The fraction of sp³-hybridized carbons (Fsp3) is 0.500. The zero-order chi connectivity index (χ0) is 15.3. The Kier molecular flexibility index (Phi) is 6.29. The lowest BCUT2D eigenvalue weighted by atomic mass is 10.0. The quantitative estimate of drug-likeness (QED) is 0.613. The lowest BCUT2D eigenvalue weighted by Crippen LogP contribution is -2.24. The average Bonchev–Trinajstić information content (AvgIpc) is 2.36. The van der Waals surface area contributed by atoms with Gasteiger partial charge in [0, 0.05) is 17.9 Å². The van der Waals surface area contributed by atoms with Crippen LogP contribution in [0.25, 0.3) is 0 Å². The highest BCUT2D eigenvalue weighted by Crippen LogP contribution is 2.32. The van der Waals surface area contributed by atoms with Gasteiger partial charge < -0.3 is 16.3 Å². The summed E-state index contributed by atoms with van der Waals surface area (Å²) in [5.41, 5.74) is 15.0. The van der Waals surface area contributed by atoms with Crippen LogP contribution in [0, 0.1) is 0 Å². The van der Waals surface area contributed by atoms with Crippen LogP contribution in [0.1, 0.15) is 37.8 Å². The van der Waals surface area contributed by atoms with Gasteiger partial charge >= 0.3 is 5.97 Å². The highest BCUT2D eigenvalue weighted by atomic mass is 79.9. The number of anilines is 2. The molecule has 0 heterocycles. The second-order valence-electron chi connectivity index (χ2n) is 4.67. The number of carbonyl (C=O) groups is 1. The fourth-order valence-corrected chi connectivity index (χ4v) is 2.79. The maximum Gasteiger partial charge on any atom is 0.325 e.